The van der Waals surface area contributed by atoms with Crippen molar-refractivity contribution in [2.45, 2.75) is 39.0 Å². The molecule has 0 atom stereocenters. The zero-order valence-corrected chi connectivity index (χ0v) is 10.3. The third-order valence-electron chi connectivity index (χ3n) is 2.54. The summed E-state index contributed by atoms with van der Waals surface area (Å²) < 4.78 is 0. The first kappa shape index (κ1) is 12.2. The van der Waals surface area contributed by atoms with Gasteiger partial charge in [-0.05, 0) is 36.3 Å². The fraction of sp³-hybridized carbons (Fsp3) is 0.462. The van der Waals surface area contributed by atoms with Gasteiger partial charge in [0.2, 0.25) is 0 Å². The van der Waals surface area contributed by atoms with Crippen LogP contribution < -0.4 is 5.73 Å². The van der Waals surface area contributed by atoms with E-state index >= 15 is 0 Å². The van der Waals surface area contributed by atoms with Crippen LogP contribution in [0.4, 0.5) is 0 Å². The lowest BCUT2D eigenvalue weighted by molar-refractivity contribution is 0.850. The molecule has 0 aromatic heterocycles. The van der Waals surface area contributed by atoms with Crippen LogP contribution >= 0.6 is 12.2 Å². The fourth-order valence-electron chi connectivity index (χ4n) is 1.54. The molecule has 0 aliphatic rings. The van der Waals surface area contributed by atoms with E-state index in [4.69, 9.17) is 18.0 Å². The number of rotatable bonds is 5. The SMILES string of the molecule is CC(C)c1ccc(CCCC(N)=S)cc1. The van der Waals surface area contributed by atoms with E-state index in [2.05, 4.69) is 38.1 Å². The van der Waals surface area contributed by atoms with Crippen molar-refractivity contribution >= 4 is 17.2 Å². The zero-order chi connectivity index (χ0) is 11.3. The van der Waals surface area contributed by atoms with Gasteiger partial charge < -0.3 is 5.73 Å². The van der Waals surface area contributed by atoms with Gasteiger partial charge in [0.05, 0.1) is 4.99 Å². The van der Waals surface area contributed by atoms with Gasteiger partial charge in [-0.1, -0.05) is 50.3 Å². The Bertz CT molecular complexity index is 314. The Labute approximate surface area is 97.7 Å². The summed E-state index contributed by atoms with van der Waals surface area (Å²) >= 11 is 4.84. The molecule has 1 nitrogen and oxygen atoms in total. The molecule has 0 heterocycles. The highest BCUT2D eigenvalue weighted by Gasteiger charge is 1.99. The highest BCUT2D eigenvalue weighted by molar-refractivity contribution is 7.80. The minimum Gasteiger partial charge on any atom is -0.393 e. The molecule has 0 fully saturated rings. The minimum atomic E-state index is 0.607. The Morgan fingerprint density at radius 1 is 1.27 bits per heavy atom. The molecular weight excluding hydrogens is 202 g/mol. The van der Waals surface area contributed by atoms with Gasteiger partial charge in [-0.25, -0.2) is 0 Å². The van der Waals surface area contributed by atoms with Crippen LogP contribution in [-0.4, -0.2) is 4.99 Å². The standard InChI is InChI=1S/C13H19NS/c1-10(2)12-8-6-11(7-9-12)4-3-5-13(14)15/h6-10H,3-5H2,1-2H3,(H2,14,15). The molecule has 1 aromatic carbocycles. The number of nitrogens with two attached hydrogens (primary N) is 1. The van der Waals surface area contributed by atoms with Crippen molar-refractivity contribution in [3.63, 3.8) is 0 Å². The number of aryl methyl sites for hydroxylation is 1. The first-order valence-corrected chi connectivity index (χ1v) is 5.87. The zero-order valence-electron chi connectivity index (χ0n) is 9.49. The lowest BCUT2D eigenvalue weighted by Gasteiger charge is -2.06. The monoisotopic (exact) mass is 221 g/mol. The van der Waals surface area contributed by atoms with Crippen molar-refractivity contribution in [1.29, 1.82) is 0 Å². The summed E-state index contributed by atoms with van der Waals surface area (Å²) in [6.45, 7) is 4.42. The van der Waals surface area contributed by atoms with Crippen LogP contribution in [-0.2, 0) is 6.42 Å². The second-order valence-corrected chi connectivity index (χ2v) is 4.74. The molecule has 1 aromatic rings. The molecular formula is C13H19NS. The smallest absolute Gasteiger partial charge is 0.0727 e. The van der Waals surface area contributed by atoms with Gasteiger partial charge in [-0.2, -0.15) is 0 Å². The lowest BCUT2D eigenvalue weighted by Crippen LogP contribution is -2.07. The third-order valence-corrected chi connectivity index (χ3v) is 2.74. The first-order chi connectivity index (χ1) is 7.09. The molecule has 0 amide bonds. The van der Waals surface area contributed by atoms with Crippen LogP contribution in [0.1, 0.15) is 43.7 Å². The molecule has 1 rings (SSSR count). The van der Waals surface area contributed by atoms with E-state index in [0.717, 1.165) is 19.3 Å². The van der Waals surface area contributed by atoms with Gasteiger partial charge in [0.1, 0.15) is 0 Å². The first-order valence-electron chi connectivity index (χ1n) is 5.46. The second kappa shape index (κ2) is 5.86. The van der Waals surface area contributed by atoms with Crippen LogP contribution in [0.15, 0.2) is 24.3 Å². The Hall–Kier alpha value is -0.890. The molecule has 2 heteroatoms. The van der Waals surface area contributed by atoms with Crippen LogP contribution in [0.2, 0.25) is 0 Å². The van der Waals surface area contributed by atoms with Gasteiger partial charge in [0, 0.05) is 0 Å². The maximum absolute atomic E-state index is 5.45. The van der Waals surface area contributed by atoms with E-state index < -0.39 is 0 Å². The lowest BCUT2D eigenvalue weighted by atomic mass is 10.00. The highest BCUT2D eigenvalue weighted by atomic mass is 32.1. The van der Waals surface area contributed by atoms with Gasteiger partial charge in [-0.15, -0.1) is 0 Å². The Morgan fingerprint density at radius 3 is 2.33 bits per heavy atom. The second-order valence-electron chi connectivity index (χ2n) is 4.22. The summed E-state index contributed by atoms with van der Waals surface area (Å²) in [5.74, 6) is 0.607. The fourth-order valence-corrected chi connectivity index (χ4v) is 1.68. The van der Waals surface area contributed by atoms with Crippen LogP contribution in [0.25, 0.3) is 0 Å². The van der Waals surface area contributed by atoms with E-state index in [1.54, 1.807) is 0 Å². The number of benzene rings is 1. The van der Waals surface area contributed by atoms with Crippen molar-refractivity contribution in [3.8, 4) is 0 Å². The molecule has 0 unspecified atom stereocenters. The summed E-state index contributed by atoms with van der Waals surface area (Å²) in [4.78, 5) is 0.619. The molecule has 0 radical (unpaired) electrons. The quantitative estimate of drug-likeness (QED) is 0.771. The average Bonchev–Trinajstić information content (AvgIpc) is 2.18. The summed E-state index contributed by atoms with van der Waals surface area (Å²) in [6.07, 6.45) is 2.97. The average molecular weight is 221 g/mol. The molecule has 2 N–H and O–H groups in total. The molecule has 0 saturated carbocycles. The minimum absolute atomic E-state index is 0.607. The molecule has 82 valence electrons. The van der Waals surface area contributed by atoms with Gasteiger partial charge in [0.25, 0.3) is 0 Å². The summed E-state index contributed by atoms with van der Waals surface area (Å²) in [5.41, 5.74) is 8.22. The number of hydrogen-bond acceptors (Lipinski definition) is 1. The highest BCUT2D eigenvalue weighted by Crippen LogP contribution is 2.15. The van der Waals surface area contributed by atoms with Crippen molar-refractivity contribution in [3.05, 3.63) is 35.4 Å². The van der Waals surface area contributed by atoms with E-state index in [9.17, 15) is 0 Å². The number of hydrogen-bond donors (Lipinski definition) is 1. The summed E-state index contributed by atoms with van der Waals surface area (Å²) in [5, 5.41) is 0. The predicted octanol–water partition coefficient (Wildman–Crippen LogP) is 3.42. The molecule has 0 spiro atoms. The van der Waals surface area contributed by atoms with Gasteiger partial charge >= 0.3 is 0 Å². The summed E-state index contributed by atoms with van der Waals surface area (Å²) in [6, 6.07) is 8.82. The molecule has 0 aliphatic carbocycles. The Kier molecular flexibility index (Phi) is 4.76. The Balaban J connectivity index is 2.46. The topological polar surface area (TPSA) is 26.0 Å². The van der Waals surface area contributed by atoms with Crippen molar-refractivity contribution in [2.75, 3.05) is 0 Å². The van der Waals surface area contributed by atoms with Gasteiger partial charge in [-0.3, -0.25) is 0 Å². The van der Waals surface area contributed by atoms with Crippen LogP contribution in [0.3, 0.4) is 0 Å². The van der Waals surface area contributed by atoms with Gasteiger partial charge in [0.15, 0.2) is 0 Å². The van der Waals surface area contributed by atoms with Crippen molar-refractivity contribution in [2.24, 2.45) is 5.73 Å². The molecule has 0 saturated heterocycles. The summed E-state index contributed by atoms with van der Waals surface area (Å²) in [7, 11) is 0. The van der Waals surface area contributed by atoms with Crippen molar-refractivity contribution < 1.29 is 0 Å². The maximum atomic E-state index is 5.45. The van der Waals surface area contributed by atoms with E-state index in [0.29, 0.717) is 10.9 Å². The van der Waals surface area contributed by atoms with Crippen molar-refractivity contribution in [1.82, 2.24) is 0 Å². The Morgan fingerprint density at radius 2 is 1.87 bits per heavy atom. The van der Waals surface area contributed by atoms with Crippen LogP contribution in [0.5, 0.6) is 0 Å². The molecule has 15 heavy (non-hydrogen) atoms. The maximum Gasteiger partial charge on any atom is 0.0727 e. The van der Waals surface area contributed by atoms with E-state index in [1.807, 2.05) is 0 Å². The predicted molar refractivity (Wildman–Crippen MR) is 70.3 cm³/mol. The third kappa shape index (κ3) is 4.43. The molecule has 0 bridgehead atoms. The molecule has 0 aliphatic heterocycles. The van der Waals surface area contributed by atoms with Crippen LogP contribution in [0, 0.1) is 0 Å². The largest absolute Gasteiger partial charge is 0.393 e. The number of thiocarbonyl (C=S) groups is 1. The van der Waals surface area contributed by atoms with E-state index in [1.165, 1.54) is 11.1 Å². The normalized spacial score (nSPS) is 10.6. The van der Waals surface area contributed by atoms with E-state index in [-0.39, 0.29) is 0 Å².